The lowest BCUT2D eigenvalue weighted by Gasteiger charge is -2.10. The van der Waals surface area contributed by atoms with Crippen LogP contribution in [0.5, 0.6) is 11.5 Å². The Morgan fingerprint density at radius 1 is 1.03 bits per heavy atom. The van der Waals surface area contributed by atoms with Crippen molar-refractivity contribution in [3.05, 3.63) is 81.7 Å². The summed E-state index contributed by atoms with van der Waals surface area (Å²) < 4.78 is 21.8. The highest BCUT2D eigenvalue weighted by molar-refractivity contribution is 9.10. The molecule has 0 atom stereocenters. The third-order valence-electron chi connectivity index (χ3n) is 4.00. The fraction of sp³-hybridized carbons (Fsp3) is 0.136. The van der Waals surface area contributed by atoms with Gasteiger partial charge in [-0.25, -0.2) is 9.59 Å². The minimum Gasteiger partial charge on any atom is -0.493 e. The predicted molar refractivity (Wildman–Crippen MR) is 115 cm³/mol. The van der Waals surface area contributed by atoms with E-state index in [1.165, 1.54) is 26.5 Å². The number of benzene rings is 2. The maximum atomic E-state index is 12.0. The molecule has 3 rings (SSSR count). The maximum Gasteiger partial charge on any atom is 0.373 e. The number of hydrogen-bond donors (Lipinski definition) is 0. The van der Waals surface area contributed by atoms with Crippen LogP contribution in [0.1, 0.15) is 32.2 Å². The van der Waals surface area contributed by atoms with Crippen LogP contribution in [-0.4, -0.2) is 32.4 Å². The van der Waals surface area contributed by atoms with Crippen molar-refractivity contribution >= 4 is 34.1 Å². The quantitative estimate of drug-likeness (QED) is 0.198. The molecule has 0 aliphatic heterocycles. The van der Waals surface area contributed by atoms with E-state index in [0.717, 1.165) is 4.47 Å². The second kappa shape index (κ2) is 10.4. The van der Waals surface area contributed by atoms with Crippen LogP contribution in [-0.2, 0) is 16.2 Å². The zero-order chi connectivity index (χ0) is 22.2. The average molecular weight is 488 g/mol. The van der Waals surface area contributed by atoms with Gasteiger partial charge < -0.3 is 23.5 Å². The van der Waals surface area contributed by atoms with Gasteiger partial charge in [-0.05, 0) is 48.5 Å². The molecule has 0 radical (unpaired) electrons. The standard InChI is InChI=1S/C22H18BrNO7/c1-27-20-10-14(12-24-31-21(25)15-4-3-5-16(23)11-15)6-8-18(20)29-13-17-7-9-19(30-17)22(26)28-2/h3-12H,13H2,1-2H3. The van der Waals surface area contributed by atoms with Gasteiger partial charge in [0.2, 0.25) is 5.76 Å². The van der Waals surface area contributed by atoms with E-state index in [1.807, 2.05) is 0 Å². The Labute approximate surface area is 186 Å². The number of carbonyl (C=O) groups is 2. The molecular weight excluding hydrogens is 470 g/mol. The minimum absolute atomic E-state index is 0.0883. The first-order chi connectivity index (χ1) is 15.0. The zero-order valence-corrected chi connectivity index (χ0v) is 18.2. The molecule has 0 unspecified atom stereocenters. The van der Waals surface area contributed by atoms with E-state index in [0.29, 0.717) is 28.4 Å². The van der Waals surface area contributed by atoms with Crippen LogP contribution in [0.3, 0.4) is 0 Å². The van der Waals surface area contributed by atoms with Crippen molar-refractivity contribution in [2.24, 2.45) is 5.16 Å². The van der Waals surface area contributed by atoms with Gasteiger partial charge in [0.05, 0.1) is 26.0 Å². The van der Waals surface area contributed by atoms with E-state index < -0.39 is 11.9 Å². The van der Waals surface area contributed by atoms with E-state index in [2.05, 4.69) is 25.8 Å². The second-order valence-corrected chi connectivity index (χ2v) is 7.00. The number of furan rings is 1. The number of halogens is 1. The van der Waals surface area contributed by atoms with Gasteiger partial charge in [0.1, 0.15) is 12.4 Å². The molecule has 0 aliphatic carbocycles. The first-order valence-corrected chi connectivity index (χ1v) is 9.77. The number of carbonyl (C=O) groups excluding carboxylic acids is 2. The van der Waals surface area contributed by atoms with Crippen LogP contribution in [0.15, 0.2) is 68.6 Å². The number of esters is 1. The summed E-state index contributed by atoms with van der Waals surface area (Å²) in [5, 5.41) is 3.73. The van der Waals surface area contributed by atoms with Crippen LogP contribution in [0, 0.1) is 0 Å². The van der Waals surface area contributed by atoms with Crippen LogP contribution in [0.25, 0.3) is 0 Å². The Morgan fingerprint density at radius 3 is 2.61 bits per heavy atom. The van der Waals surface area contributed by atoms with Crippen molar-refractivity contribution in [2.75, 3.05) is 14.2 Å². The van der Waals surface area contributed by atoms with Gasteiger partial charge in [-0.2, -0.15) is 0 Å². The molecule has 31 heavy (non-hydrogen) atoms. The lowest BCUT2D eigenvalue weighted by molar-refractivity contribution is 0.0517. The van der Waals surface area contributed by atoms with E-state index in [4.69, 9.17) is 18.7 Å². The molecule has 2 aromatic carbocycles. The van der Waals surface area contributed by atoms with E-state index in [1.54, 1.807) is 48.5 Å². The molecule has 3 aromatic rings. The highest BCUT2D eigenvalue weighted by Gasteiger charge is 2.13. The third kappa shape index (κ3) is 5.95. The molecule has 0 saturated carbocycles. The summed E-state index contributed by atoms with van der Waals surface area (Å²) in [6, 6.07) is 15.0. The lowest BCUT2D eigenvalue weighted by Crippen LogP contribution is -2.01. The summed E-state index contributed by atoms with van der Waals surface area (Å²) in [5.74, 6) is 0.315. The minimum atomic E-state index is -0.575. The van der Waals surface area contributed by atoms with Crippen LogP contribution >= 0.6 is 15.9 Å². The van der Waals surface area contributed by atoms with Gasteiger partial charge >= 0.3 is 11.9 Å². The van der Waals surface area contributed by atoms with Crippen LogP contribution < -0.4 is 9.47 Å². The van der Waals surface area contributed by atoms with Crippen molar-refractivity contribution in [1.29, 1.82) is 0 Å². The Morgan fingerprint density at radius 2 is 1.87 bits per heavy atom. The van der Waals surface area contributed by atoms with Gasteiger partial charge in [0.25, 0.3) is 0 Å². The maximum absolute atomic E-state index is 12.0. The molecular formula is C22H18BrNO7. The molecule has 0 fully saturated rings. The lowest BCUT2D eigenvalue weighted by atomic mass is 10.2. The number of nitrogens with zero attached hydrogens (tertiary/aromatic N) is 1. The normalized spacial score (nSPS) is 10.7. The van der Waals surface area contributed by atoms with E-state index in [-0.39, 0.29) is 12.4 Å². The van der Waals surface area contributed by atoms with Crippen LogP contribution in [0.2, 0.25) is 0 Å². The summed E-state index contributed by atoms with van der Waals surface area (Å²) in [6.45, 7) is 0.0883. The summed E-state index contributed by atoms with van der Waals surface area (Å²) >= 11 is 3.30. The summed E-state index contributed by atoms with van der Waals surface area (Å²) in [6.07, 6.45) is 1.39. The van der Waals surface area contributed by atoms with Crippen molar-refractivity contribution in [3.8, 4) is 11.5 Å². The molecule has 160 valence electrons. The Hall–Kier alpha value is -3.59. The number of ether oxygens (including phenoxy) is 3. The van der Waals surface area contributed by atoms with Gasteiger partial charge in [-0.15, -0.1) is 0 Å². The van der Waals surface area contributed by atoms with Gasteiger partial charge in [0, 0.05) is 10.0 Å². The largest absolute Gasteiger partial charge is 0.493 e. The van der Waals surface area contributed by atoms with Crippen molar-refractivity contribution in [2.45, 2.75) is 6.61 Å². The van der Waals surface area contributed by atoms with Crippen molar-refractivity contribution in [1.82, 2.24) is 0 Å². The number of hydrogen-bond acceptors (Lipinski definition) is 8. The third-order valence-corrected chi connectivity index (χ3v) is 4.50. The Kier molecular flexibility index (Phi) is 7.45. The number of rotatable bonds is 8. The van der Waals surface area contributed by atoms with Crippen LogP contribution in [0.4, 0.5) is 0 Å². The van der Waals surface area contributed by atoms with Crippen molar-refractivity contribution < 1.29 is 33.1 Å². The van der Waals surface area contributed by atoms with Gasteiger partial charge in [0.15, 0.2) is 11.5 Å². The molecule has 9 heteroatoms. The second-order valence-electron chi connectivity index (χ2n) is 6.08. The molecule has 0 N–H and O–H groups in total. The summed E-state index contributed by atoms with van der Waals surface area (Å²) in [4.78, 5) is 28.4. The summed E-state index contributed by atoms with van der Waals surface area (Å²) in [7, 11) is 2.77. The van der Waals surface area contributed by atoms with Crippen molar-refractivity contribution in [3.63, 3.8) is 0 Å². The fourth-order valence-electron chi connectivity index (χ4n) is 2.50. The van der Waals surface area contributed by atoms with E-state index in [9.17, 15) is 9.59 Å². The SMILES string of the molecule is COC(=O)c1ccc(COc2ccc(C=NOC(=O)c3cccc(Br)c3)cc2OC)o1. The molecule has 1 aromatic heterocycles. The zero-order valence-electron chi connectivity index (χ0n) is 16.7. The highest BCUT2D eigenvalue weighted by Crippen LogP contribution is 2.28. The van der Waals surface area contributed by atoms with Gasteiger partial charge in [-0.1, -0.05) is 27.2 Å². The fourth-order valence-corrected chi connectivity index (χ4v) is 2.90. The first kappa shape index (κ1) is 22.1. The molecule has 1 heterocycles. The molecule has 0 spiro atoms. The predicted octanol–water partition coefficient (Wildman–Crippen LogP) is 4.61. The van der Waals surface area contributed by atoms with E-state index >= 15 is 0 Å². The smallest absolute Gasteiger partial charge is 0.373 e. The molecule has 0 saturated heterocycles. The topological polar surface area (TPSA) is 96.6 Å². The number of oxime groups is 1. The molecule has 0 aliphatic rings. The molecule has 0 amide bonds. The Bertz CT molecular complexity index is 1110. The van der Waals surface area contributed by atoms with Gasteiger partial charge in [-0.3, -0.25) is 0 Å². The Balaban J connectivity index is 1.61. The number of methoxy groups -OCH3 is 2. The molecule has 8 nitrogen and oxygen atoms in total. The first-order valence-electron chi connectivity index (χ1n) is 8.98. The summed E-state index contributed by atoms with van der Waals surface area (Å²) in [5.41, 5.74) is 1.01. The highest BCUT2D eigenvalue weighted by atomic mass is 79.9. The monoisotopic (exact) mass is 487 g/mol. The molecule has 0 bridgehead atoms. The average Bonchev–Trinajstić information content (AvgIpc) is 3.26.